The molecule has 5 heteroatoms. The van der Waals surface area contributed by atoms with Gasteiger partial charge in [0.1, 0.15) is 5.75 Å². The number of hydrogen-bond donors (Lipinski definition) is 0. The van der Waals surface area contributed by atoms with Crippen molar-refractivity contribution in [2.75, 3.05) is 26.5 Å². The summed E-state index contributed by atoms with van der Waals surface area (Å²) in [6.45, 7) is 2.09. The summed E-state index contributed by atoms with van der Waals surface area (Å²) in [5.41, 5.74) is 0. The molecule has 70 valence electrons. The van der Waals surface area contributed by atoms with Gasteiger partial charge in [0.15, 0.2) is 0 Å². The summed E-state index contributed by atoms with van der Waals surface area (Å²) in [5.74, 6) is -0.261. The van der Waals surface area contributed by atoms with E-state index in [0.717, 1.165) is 11.8 Å². The Morgan fingerprint density at radius 2 is 2.00 bits per heavy atom. The van der Waals surface area contributed by atoms with Gasteiger partial charge in [-0.2, -0.15) is 0 Å². The third-order valence-electron chi connectivity index (χ3n) is 0.984. The molecule has 0 radical (unpaired) electrons. The molecule has 0 rings (SSSR count). The lowest BCUT2D eigenvalue weighted by Gasteiger charge is -2.08. The van der Waals surface area contributed by atoms with Crippen LogP contribution in [0.1, 0.15) is 6.92 Å². The molecule has 1 amide bonds. The van der Waals surface area contributed by atoms with Crippen molar-refractivity contribution in [1.29, 1.82) is 0 Å². The van der Waals surface area contributed by atoms with Crippen molar-refractivity contribution in [1.82, 2.24) is 4.90 Å². The van der Waals surface area contributed by atoms with Gasteiger partial charge in [0, 0.05) is 14.1 Å². The molecule has 4 nitrogen and oxygen atoms in total. The van der Waals surface area contributed by atoms with Crippen LogP contribution in [-0.2, 0) is 9.53 Å². The minimum atomic E-state index is -0.349. The predicted octanol–water partition coefficient (Wildman–Crippen LogP) is 0.964. The number of nitrogens with zero attached hydrogens (tertiary/aromatic N) is 1. The van der Waals surface area contributed by atoms with Gasteiger partial charge >= 0.3 is 5.97 Å². The summed E-state index contributed by atoms with van der Waals surface area (Å²) in [5, 5.41) is -0.136. The topological polar surface area (TPSA) is 46.6 Å². The lowest BCUT2D eigenvalue weighted by molar-refractivity contribution is -0.139. The van der Waals surface area contributed by atoms with Crippen molar-refractivity contribution < 1.29 is 14.3 Å². The zero-order chi connectivity index (χ0) is 9.56. The van der Waals surface area contributed by atoms with Crippen LogP contribution in [0.15, 0.2) is 0 Å². The second kappa shape index (κ2) is 5.88. The molecule has 0 heterocycles. The Hall–Kier alpha value is -0.710. The smallest absolute Gasteiger partial charge is 0.316 e. The SMILES string of the molecule is CCOC(=O)CSC(=O)N(C)C. The molecule has 0 aromatic carbocycles. The first kappa shape index (κ1) is 11.3. The van der Waals surface area contributed by atoms with E-state index in [9.17, 15) is 9.59 Å². The molecule has 0 fully saturated rings. The minimum Gasteiger partial charge on any atom is -0.465 e. The molecule has 0 aromatic heterocycles. The van der Waals surface area contributed by atoms with Crippen LogP contribution < -0.4 is 0 Å². The fourth-order valence-corrected chi connectivity index (χ4v) is 1.04. The van der Waals surface area contributed by atoms with E-state index < -0.39 is 0 Å². The predicted molar refractivity (Wildman–Crippen MR) is 48.2 cm³/mol. The maximum Gasteiger partial charge on any atom is 0.316 e. The molecule has 0 aromatic rings. The van der Waals surface area contributed by atoms with Crippen molar-refractivity contribution in [3.63, 3.8) is 0 Å². The number of carbonyl (C=O) groups excluding carboxylic acids is 2. The second-order valence-electron chi connectivity index (χ2n) is 2.25. The van der Waals surface area contributed by atoms with Gasteiger partial charge in [0.05, 0.1) is 6.61 Å². The summed E-state index contributed by atoms with van der Waals surface area (Å²) in [6.07, 6.45) is 0. The Morgan fingerprint density at radius 1 is 1.42 bits per heavy atom. The Morgan fingerprint density at radius 3 is 2.42 bits per heavy atom. The number of rotatable bonds is 3. The molecule has 0 aliphatic carbocycles. The summed E-state index contributed by atoms with van der Waals surface area (Å²) in [7, 11) is 3.28. The monoisotopic (exact) mass is 191 g/mol. The zero-order valence-corrected chi connectivity index (χ0v) is 8.31. The highest BCUT2D eigenvalue weighted by atomic mass is 32.2. The van der Waals surface area contributed by atoms with Gasteiger partial charge in [0.25, 0.3) is 5.24 Å². The molecular weight excluding hydrogens is 178 g/mol. The van der Waals surface area contributed by atoms with Crippen LogP contribution in [0.3, 0.4) is 0 Å². The Bertz CT molecular complexity index is 170. The molecule has 0 saturated carbocycles. The van der Waals surface area contributed by atoms with Crippen molar-refractivity contribution in [3.8, 4) is 0 Å². The van der Waals surface area contributed by atoms with Crippen molar-refractivity contribution in [3.05, 3.63) is 0 Å². The van der Waals surface area contributed by atoms with Gasteiger partial charge in [-0.3, -0.25) is 9.59 Å². The minimum absolute atomic E-state index is 0.0881. The third-order valence-corrected chi connectivity index (χ3v) is 1.98. The lowest BCUT2D eigenvalue weighted by atomic mass is 10.8. The summed E-state index contributed by atoms with van der Waals surface area (Å²) >= 11 is 0.945. The maximum atomic E-state index is 10.9. The van der Waals surface area contributed by atoms with Crippen LogP contribution in [0.2, 0.25) is 0 Å². The second-order valence-corrected chi connectivity index (χ2v) is 3.18. The molecule has 0 aliphatic rings. The van der Waals surface area contributed by atoms with Crippen LogP contribution in [0.4, 0.5) is 4.79 Å². The first-order chi connectivity index (χ1) is 5.57. The number of amides is 1. The van der Waals surface area contributed by atoms with E-state index in [4.69, 9.17) is 0 Å². The van der Waals surface area contributed by atoms with E-state index in [1.165, 1.54) is 4.90 Å². The Kier molecular flexibility index (Phi) is 5.53. The lowest BCUT2D eigenvalue weighted by Crippen LogP contribution is -2.18. The molecule has 0 N–H and O–H groups in total. The van der Waals surface area contributed by atoms with Crippen LogP contribution >= 0.6 is 11.8 Å². The zero-order valence-electron chi connectivity index (χ0n) is 7.49. The van der Waals surface area contributed by atoms with E-state index in [0.29, 0.717) is 6.61 Å². The first-order valence-corrected chi connectivity index (χ1v) is 4.56. The van der Waals surface area contributed by atoms with Crippen LogP contribution in [-0.4, -0.2) is 42.6 Å². The number of hydrogen-bond acceptors (Lipinski definition) is 4. The van der Waals surface area contributed by atoms with Crippen LogP contribution in [0.5, 0.6) is 0 Å². The normalized spacial score (nSPS) is 9.25. The molecule has 0 atom stereocenters. The summed E-state index contributed by atoms with van der Waals surface area (Å²) in [4.78, 5) is 23.1. The summed E-state index contributed by atoms with van der Waals surface area (Å²) < 4.78 is 4.64. The van der Waals surface area contributed by atoms with Gasteiger partial charge in [-0.15, -0.1) is 0 Å². The quantitative estimate of drug-likeness (QED) is 0.623. The maximum absolute atomic E-state index is 10.9. The molecule has 12 heavy (non-hydrogen) atoms. The van der Waals surface area contributed by atoms with E-state index in [2.05, 4.69) is 4.74 Å². The molecule has 0 aliphatic heterocycles. The van der Waals surface area contributed by atoms with Crippen LogP contribution in [0, 0.1) is 0 Å². The van der Waals surface area contributed by atoms with E-state index in [1.54, 1.807) is 21.0 Å². The average Bonchev–Trinajstić information content (AvgIpc) is 2.00. The van der Waals surface area contributed by atoms with E-state index >= 15 is 0 Å². The standard InChI is InChI=1S/C7H13NO3S/c1-4-11-6(9)5-12-7(10)8(2)3/h4-5H2,1-3H3. The highest BCUT2D eigenvalue weighted by molar-refractivity contribution is 8.14. The number of thioether (sulfide) groups is 1. The third kappa shape index (κ3) is 5.01. The number of esters is 1. The Balaban J connectivity index is 3.54. The fraction of sp³-hybridized carbons (Fsp3) is 0.714. The molecule has 0 spiro atoms. The first-order valence-electron chi connectivity index (χ1n) is 3.57. The Labute approximate surface area is 76.2 Å². The number of carbonyl (C=O) groups is 2. The van der Waals surface area contributed by atoms with Crippen molar-refractivity contribution >= 4 is 23.0 Å². The van der Waals surface area contributed by atoms with Crippen molar-refractivity contribution in [2.45, 2.75) is 6.92 Å². The molecule has 0 unspecified atom stereocenters. The highest BCUT2D eigenvalue weighted by Gasteiger charge is 2.08. The number of ether oxygens (including phenoxy) is 1. The van der Waals surface area contributed by atoms with Gasteiger partial charge in [-0.05, 0) is 6.92 Å². The average molecular weight is 191 g/mol. The highest BCUT2D eigenvalue weighted by Crippen LogP contribution is 2.05. The molecule has 0 bridgehead atoms. The molecular formula is C7H13NO3S. The van der Waals surface area contributed by atoms with Gasteiger partial charge in [-0.1, -0.05) is 11.8 Å². The van der Waals surface area contributed by atoms with Gasteiger partial charge in [0.2, 0.25) is 0 Å². The van der Waals surface area contributed by atoms with Crippen molar-refractivity contribution in [2.24, 2.45) is 0 Å². The van der Waals surface area contributed by atoms with Gasteiger partial charge in [-0.25, -0.2) is 0 Å². The van der Waals surface area contributed by atoms with Crippen LogP contribution in [0.25, 0.3) is 0 Å². The fourth-order valence-electron chi connectivity index (χ4n) is 0.452. The van der Waals surface area contributed by atoms with E-state index in [-0.39, 0.29) is 17.0 Å². The largest absolute Gasteiger partial charge is 0.465 e. The molecule has 0 saturated heterocycles. The summed E-state index contributed by atoms with van der Waals surface area (Å²) in [6, 6.07) is 0. The van der Waals surface area contributed by atoms with E-state index in [1.807, 2.05) is 0 Å². The van der Waals surface area contributed by atoms with Gasteiger partial charge < -0.3 is 9.64 Å².